The first-order chi connectivity index (χ1) is 21.2. The fraction of sp³-hybridized carbons (Fsp3) is 0.455. The molecule has 1 spiro atoms. The van der Waals surface area contributed by atoms with Gasteiger partial charge in [0.1, 0.15) is 11.5 Å². The van der Waals surface area contributed by atoms with Gasteiger partial charge in [0.25, 0.3) is 5.91 Å². The molecule has 1 aromatic heterocycles. The number of pyridine rings is 1. The van der Waals surface area contributed by atoms with E-state index in [9.17, 15) is 23.1 Å². The van der Waals surface area contributed by atoms with E-state index in [0.29, 0.717) is 80.2 Å². The maximum atomic E-state index is 13.1. The van der Waals surface area contributed by atoms with Gasteiger partial charge in [0.05, 0.1) is 31.1 Å². The molecule has 44 heavy (non-hydrogen) atoms. The van der Waals surface area contributed by atoms with Crippen molar-refractivity contribution >= 4 is 5.91 Å². The average molecular weight is 612 g/mol. The van der Waals surface area contributed by atoms with Crippen LogP contribution in [0.1, 0.15) is 64.3 Å². The zero-order chi connectivity index (χ0) is 30.7. The first-order valence-electron chi connectivity index (χ1n) is 15.0. The number of amides is 1. The summed E-state index contributed by atoms with van der Waals surface area (Å²) in [5.41, 5.74) is 2.22. The molecule has 3 heterocycles. The number of carbonyl (C=O) groups is 1. The van der Waals surface area contributed by atoms with Crippen LogP contribution in [0.2, 0.25) is 0 Å². The third-order valence-corrected chi connectivity index (χ3v) is 8.81. The summed E-state index contributed by atoms with van der Waals surface area (Å²) in [6, 6.07) is 15.4. The normalized spacial score (nSPS) is 19.4. The van der Waals surface area contributed by atoms with Crippen molar-refractivity contribution in [3.63, 3.8) is 0 Å². The molecule has 1 aliphatic carbocycles. The SMILES string of the molecule is O=C(c1ccc(Oc2ccc(C3CCC4(CC3)OCCO4)cc2CO)cc1)N1CCN(Cc2ccc(C(F)(F)F)cn2)CC1. The standard InChI is InChI=1S/C33H36F3N3O5/c34-33(35,36)27-4-5-28(37-20-27)21-38-13-15-39(16-14-38)31(41)24-1-6-29(7-2-24)44-30-8-3-25(19-26(30)22-40)23-9-11-32(12-10-23)42-17-18-43-32/h1-8,19-20,23,40H,9-18,21-22H2. The van der Waals surface area contributed by atoms with Gasteiger partial charge < -0.3 is 24.2 Å². The molecule has 8 nitrogen and oxygen atoms in total. The summed E-state index contributed by atoms with van der Waals surface area (Å²) in [5, 5.41) is 10.1. The van der Waals surface area contributed by atoms with Gasteiger partial charge in [-0.15, -0.1) is 0 Å². The number of nitrogens with zero attached hydrogens (tertiary/aromatic N) is 3. The number of benzene rings is 2. The molecule has 2 aromatic carbocycles. The van der Waals surface area contributed by atoms with E-state index in [-0.39, 0.29) is 12.5 Å². The molecular formula is C33H36F3N3O5. The minimum Gasteiger partial charge on any atom is -0.457 e. The molecule has 11 heteroatoms. The number of aromatic nitrogens is 1. The van der Waals surface area contributed by atoms with Crippen LogP contribution in [0.25, 0.3) is 0 Å². The molecule has 0 unspecified atom stereocenters. The van der Waals surface area contributed by atoms with Crippen LogP contribution in [0.3, 0.4) is 0 Å². The molecule has 1 amide bonds. The average Bonchev–Trinajstić information content (AvgIpc) is 3.49. The summed E-state index contributed by atoms with van der Waals surface area (Å²) >= 11 is 0. The molecule has 3 fully saturated rings. The Morgan fingerprint density at radius 1 is 0.977 bits per heavy atom. The van der Waals surface area contributed by atoms with Crippen molar-refractivity contribution in [2.75, 3.05) is 39.4 Å². The number of hydrogen-bond acceptors (Lipinski definition) is 7. The quantitative estimate of drug-likeness (QED) is 0.365. The van der Waals surface area contributed by atoms with Crippen molar-refractivity contribution in [1.82, 2.24) is 14.8 Å². The first kappa shape index (κ1) is 30.5. The molecule has 1 N–H and O–H groups in total. The summed E-state index contributed by atoms with van der Waals surface area (Å²) in [5.74, 6) is 1.02. The van der Waals surface area contributed by atoms with Gasteiger partial charge in [0, 0.05) is 62.9 Å². The van der Waals surface area contributed by atoms with Crippen LogP contribution in [-0.4, -0.2) is 71.0 Å². The number of rotatable bonds is 7. The minimum atomic E-state index is -4.41. The highest BCUT2D eigenvalue weighted by Gasteiger charge is 2.40. The number of ether oxygens (including phenoxy) is 3. The summed E-state index contributed by atoms with van der Waals surface area (Å²) in [4.78, 5) is 20.9. The molecule has 3 aliphatic rings. The summed E-state index contributed by atoms with van der Waals surface area (Å²) in [7, 11) is 0. The number of aliphatic hydroxyl groups is 1. The second-order valence-corrected chi connectivity index (χ2v) is 11.6. The van der Waals surface area contributed by atoms with Crippen molar-refractivity contribution in [3.8, 4) is 11.5 Å². The first-order valence-corrected chi connectivity index (χ1v) is 15.0. The largest absolute Gasteiger partial charge is 0.457 e. The third kappa shape index (κ3) is 6.91. The van der Waals surface area contributed by atoms with Crippen LogP contribution in [0.15, 0.2) is 60.8 Å². The van der Waals surface area contributed by atoms with Gasteiger partial charge >= 0.3 is 6.18 Å². The number of alkyl halides is 3. The molecule has 0 radical (unpaired) electrons. The van der Waals surface area contributed by atoms with Crippen molar-refractivity contribution in [3.05, 3.63) is 88.7 Å². The van der Waals surface area contributed by atoms with Gasteiger partial charge in [-0.25, -0.2) is 0 Å². The number of piperazine rings is 1. The van der Waals surface area contributed by atoms with E-state index in [4.69, 9.17) is 14.2 Å². The molecule has 3 aromatic rings. The highest BCUT2D eigenvalue weighted by Crippen LogP contribution is 2.43. The van der Waals surface area contributed by atoms with Crippen molar-refractivity contribution in [1.29, 1.82) is 0 Å². The minimum absolute atomic E-state index is 0.0908. The predicted octanol–water partition coefficient (Wildman–Crippen LogP) is 5.74. The molecule has 0 atom stereocenters. The van der Waals surface area contributed by atoms with E-state index in [0.717, 1.165) is 37.9 Å². The molecule has 1 saturated carbocycles. The molecule has 0 bridgehead atoms. The fourth-order valence-electron chi connectivity index (χ4n) is 6.25. The number of aliphatic hydroxyl groups excluding tert-OH is 1. The molecule has 2 saturated heterocycles. The van der Waals surface area contributed by atoms with E-state index in [1.165, 1.54) is 11.6 Å². The Labute approximate surface area is 254 Å². The summed E-state index contributed by atoms with van der Waals surface area (Å²) in [6.07, 6.45) is 0.112. The Morgan fingerprint density at radius 2 is 1.68 bits per heavy atom. The van der Waals surface area contributed by atoms with Gasteiger partial charge in [-0.3, -0.25) is 14.7 Å². The lowest BCUT2D eigenvalue weighted by atomic mass is 9.80. The van der Waals surface area contributed by atoms with Gasteiger partial charge in [-0.05, 0) is 72.9 Å². The Balaban J connectivity index is 1.01. The van der Waals surface area contributed by atoms with Gasteiger partial charge in [0.2, 0.25) is 0 Å². The zero-order valence-corrected chi connectivity index (χ0v) is 24.4. The Hall–Kier alpha value is -3.51. The number of carbonyl (C=O) groups excluding carboxylic acids is 1. The zero-order valence-electron chi connectivity index (χ0n) is 24.4. The van der Waals surface area contributed by atoms with E-state index < -0.39 is 17.5 Å². The lowest BCUT2D eigenvalue weighted by Crippen LogP contribution is -2.48. The van der Waals surface area contributed by atoms with Gasteiger partial charge in [-0.2, -0.15) is 13.2 Å². The molecule has 6 rings (SSSR count). The Bertz CT molecular complexity index is 1420. The van der Waals surface area contributed by atoms with Gasteiger partial charge in [-0.1, -0.05) is 6.07 Å². The maximum absolute atomic E-state index is 13.1. The van der Waals surface area contributed by atoms with E-state index >= 15 is 0 Å². The van der Waals surface area contributed by atoms with Crippen LogP contribution in [0.4, 0.5) is 13.2 Å². The Morgan fingerprint density at radius 3 is 2.30 bits per heavy atom. The summed E-state index contributed by atoms with van der Waals surface area (Å²) < 4.78 is 56.2. The van der Waals surface area contributed by atoms with Gasteiger partial charge in [0.15, 0.2) is 5.79 Å². The van der Waals surface area contributed by atoms with E-state index in [2.05, 4.69) is 16.0 Å². The van der Waals surface area contributed by atoms with Crippen LogP contribution >= 0.6 is 0 Å². The van der Waals surface area contributed by atoms with Crippen molar-refractivity contribution in [2.24, 2.45) is 0 Å². The van der Waals surface area contributed by atoms with Crippen LogP contribution in [0.5, 0.6) is 11.5 Å². The smallest absolute Gasteiger partial charge is 0.417 e. The summed E-state index contributed by atoms with van der Waals surface area (Å²) in [6.45, 7) is 3.80. The number of hydrogen-bond donors (Lipinski definition) is 1. The van der Waals surface area contributed by atoms with Crippen LogP contribution in [-0.2, 0) is 28.8 Å². The van der Waals surface area contributed by atoms with E-state index in [1.54, 1.807) is 29.2 Å². The fourth-order valence-corrected chi connectivity index (χ4v) is 6.25. The topological polar surface area (TPSA) is 84.4 Å². The monoisotopic (exact) mass is 611 g/mol. The lowest BCUT2D eigenvalue weighted by Gasteiger charge is -2.35. The molecule has 234 valence electrons. The molecular weight excluding hydrogens is 575 g/mol. The predicted molar refractivity (Wildman–Crippen MR) is 155 cm³/mol. The lowest BCUT2D eigenvalue weighted by molar-refractivity contribution is -0.178. The van der Waals surface area contributed by atoms with Crippen molar-refractivity contribution < 1.29 is 37.3 Å². The third-order valence-electron chi connectivity index (χ3n) is 8.81. The highest BCUT2D eigenvalue weighted by atomic mass is 19.4. The number of halogens is 3. The second-order valence-electron chi connectivity index (χ2n) is 11.6. The van der Waals surface area contributed by atoms with Crippen molar-refractivity contribution in [2.45, 2.75) is 56.7 Å². The van der Waals surface area contributed by atoms with Crippen LogP contribution in [0, 0.1) is 0 Å². The Kier molecular flexibility index (Phi) is 8.91. The molecule has 2 aliphatic heterocycles. The van der Waals surface area contributed by atoms with E-state index in [1.807, 2.05) is 12.1 Å². The second kappa shape index (κ2) is 12.8. The maximum Gasteiger partial charge on any atom is 0.417 e. The highest BCUT2D eigenvalue weighted by molar-refractivity contribution is 5.94. The van der Waals surface area contributed by atoms with Crippen LogP contribution < -0.4 is 4.74 Å².